The molecule has 3 N–H and O–H groups in total. The van der Waals surface area contributed by atoms with E-state index in [1.54, 1.807) is 6.92 Å². The maximum atomic E-state index is 8.74. The normalized spacial score (nSPS) is 8.44. The minimum absolute atomic E-state index is 0. The molecule has 0 atom stereocenters. The van der Waals surface area contributed by atoms with E-state index in [4.69, 9.17) is 22.6 Å². The zero-order valence-electron chi connectivity index (χ0n) is 4.77. The first-order valence-electron chi connectivity index (χ1n) is 1.72. The van der Waals surface area contributed by atoms with E-state index in [2.05, 4.69) is 0 Å². The molecule has 0 fully saturated rings. The van der Waals surface area contributed by atoms with Crippen LogP contribution in [0.1, 0.15) is 6.92 Å². The van der Waals surface area contributed by atoms with Gasteiger partial charge < -0.3 is 5.11 Å². The molecule has 0 heterocycles. The summed E-state index contributed by atoms with van der Waals surface area (Å²) in [5.41, 5.74) is 0. The molecule has 7 heteroatoms. The Balaban J connectivity index is -0.0000000800. The van der Waals surface area contributed by atoms with E-state index < -0.39 is 10.4 Å². The summed E-state index contributed by atoms with van der Waals surface area (Å²) >= 11 is 0. The molecule has 0 amide bonds. The minimum Gasteiger partial charge on any atom is -0.397 e. The smallest absolute Gasteiger partial charge is 0.394 e. The van der Waals surface area contributed by atoms with Gasteiger partial charge in [-0.25, -0.2) is 0 Å². The number of hydrogen-bond acceptors (Lipinski definition) is 3. The second-order valence-electron chi connectivity index (χ2n) is 0.764. The van der Waals surface area contributed by atoms with Crippen molar-refractivity contribution in [2.45, 2.75) is 6.92 Å². The quantitative estimate of drug-likeness (QED) is 0.383. The van der Waals surface area contributed by atoms with Crippen LogP contribution < -0.4 is 0 Å². The van der Waals surface area contributed by atoms with Crippen LogP contribution in [0.2, 0.25) is 0 Å². The average Bonchev–Trinajstić information content (AvgIpc) is 1.27. The molecule has 0 rings (SSSR count). The van der Waals surface area contributed by atoms with Gasteiger partial charge in [-0.15, -0.1) is 0 Å². The Hall–Kier alpha value is 0.752. The largest absolute Gasteiger partial charge is 0.397 e. The third kappa shape index (κ3) is 705. The van der Waals surface area contributed by atoms with E-state index in [1.807, 2.05) is 0 Å². The molecule has 0 saturated heterocycles. The molecule has 0 aromatic rings. The number of rotatable bonds is 0. The third-order valence-electron chi connectivity index (χ3n) is 0. The van der Waals surface area contributed by atoms with Crippen molar-refractivity contribution in [1.82, 2.24) is 0 Å². The summed E-state index contributed by atoms with van der Waals surface area (Å²) < 4.78 is 31.6. The summed E-state index contributed by atoms with van der Waals surface area (Å²) in [5, 5.41) is 7.57. The van der Waals surface area contributed by atoms with E-state index in [9.17, 15) is 0 Å². The summed E-state index contributed by atoms with van der Waals surface area (Å²) in [4.78, 5) is 0. The Kier molecular flexibility index (Phi) is 15.9. The summed E-state index contributed by atoms with van der Waals surface area (Å²) in [6.07, 6.45) is 0. The monoisotopic (exact) mass is 352 g/mol. The molecule has 56 valence electrons. The van der Waals surface area contributed by atoms with Gasteiger partial charge in [-0.2, -0.15) is 8.42 Å². The number of aliphatic hydroxyl groups excluding tert-OH is 1. The Morgan fingerprint density at radius 1 is 1.33 bits per heavy atom. The van der Waals surface area contributed by atoms with Gasteiger partial charge in [-0.05, 0) is 6.92 Å². The standard InChI is InChI=1S/C2H6O.H2O4S.Pb/c1-2-3;1-5(2,3)4;/h3H,2H2,1H3;(H2,1,2,3,4);. The summed E-state index contributed by atoms with van der Waals surface area (Å²) in [6, 6.07) is 0. The van der Waals surface area contributed by atoms with Crippen LogP contribution in [0.5, 0.6) is 0 Å². The molecule has 0 aliphatic carbocycles. The van der Waals surface area contributed by atoms with Gasteiger partial charge in [0.05, 0.1) is 0 Å². The van der Waals surface area contributed by atoms with Crippen LogP contribution in [0.3, 0.4) is 0 Å². The molecule has 0 aliphatic rings. The molecule has 0 aromatic heterocycles. The summed E-state index contributed by atoms with van der Waals surface area (Å²) in [6.45, 7) is 1.93. The molecule has 9 heavy (non-hydrogen) atoms. The first kappa shape index (κ1) is 16.4. The van der Waals surface area contributed by atoms with Crippen LogP contribution in [0.4, 0.5) is 0 Å². The molecular formula is C2H8O5PbS. The van der Waals surface area contributed by atoms with Crippen LogP contribution in [-0.4, -0.2) is 56.5 Å². The van der Waals surface area contributed by atoms with Crippen LogP contribution in [-0.2, 0) is 10.4 Å². The predicted molar refractivity (Wildman–Crippen MR) is 32.7 cm³/mol. The second-order valence-corrected chi connectivity index (χ2v) is 1.66. The molecular weight excluding hydrogens is 343 g/mol. The maximum Gasteiger partial charge on any atom is 0.394 e. The van der Waals surface area contributed by atoms with Gasteiger partial charge in [-0.3, -0.25) is 9.11 Å². The molecule has 5 nitrogen and oxygen atoms in total. The third-order valence-corrected chi connectivity index (χ3v) is 0. The van der Waals surface area contributed by atoms with Gasteiger partial charge in [0, 0.05) is 33.9 Å². The number of hydrogen-bond donors (Lipinski definition) is 3. The van der Waals surface area contributed by atoms with E-state index in [-0.39, 0.29) is 33.9 Å². The Morgan fingerprint density at radius 3 is 1.33 bits per heavy atom. The topological polar surface area (TPSA) is 94.8 Å². The van der Waals surface area contributed by atoms with Gasteiger partial charge in [0.15, 0.2) is 0 Å². The van der Waals surface area contributed by atoms with Crippen LogP contribution in [0.25, 0.3) is 0 Å². The van der Waals surface area contributed by atoms with Gasteiger partial charge in [0.1, 0.15) is 0 Å². The zero-order valence-corrected chi connectivity index (χ0v) is 9.48. The van der Waals surface area contributed by atoms with E-state index in [0.29, 0.717) is 0 Å². The molecule has 0 spiro atoms. The fourth-order valence-electron chi connectivity index (χ4n) is 0. The van der Waals surface area contributed by atoms with Crippen molar-refractivity contribution in [3.63, 3.8) is 0 Å². The van der Waals surface area contributed by atoms with Gasteiger partial charge >= 0.3 is 10.4 Å². The van der Waals surface area contributed by atoms with Crippen molar-refractivity contribution in [3.05, 3.63) is 0 Å². The van der Waals surface area contributed by atoms with Crippen molar-refractivity contribution < 1.29 is 22.6 Å². The maximum absolute atomic E-state index is 8.74. The Morgan fingerprint density at radius 2 is 1.33 bits per heavy atom. The fourth-order valence-corrected chi connectivity index (χ4v) is 0. The molecule has 4 radical (unpaired) electrons. The van der Waals surface area contributed by atoms with Crippen LogP contribution >= 0.6 is 0 Å². The molecule has 0 bridgehead atoms. The molecule has 0 aromatic carbocycles. The van der Waals surface area contributed by atoms with E-state index in [0.717, 1.165) is 0 Å². The molecule has 0 unspecified atom stereocenters. The minimum atomic E-state index is -4.67. The van der Waals surface area contributed by atoms with Gasteiger partial charge in [0.2, 0.25) is 0 Å². The van der Waals surface area contributed by atoms with Crippen molar-refractivity contribution >= 4 is 37.7 Å². The zero-order chi connectivity index (χ0) is 7.21. The summed E-state index contributed by atoms with van der Waals surface area (Å²) in [7, 11) is -4.67. The SMILES string of the molecule is CCO.O=S(=O)(O)O.[Pb]. The van der Waals surface area contributed by atoms with Crippen molar-refractivity contribution in [2.75, 3.05) is 6.61 Å². The Labute approximate surface area is 73.8 Å². The molecule has 0 aliphatic heterocycles. The van der Waals surface area contributed by atoms with Crippen molar-refractivity contribution in [1.29, 1.82) is 0 Å². The summed E-state index contributed by atoms with van der Waals surface area (Å²) in [5.74, 6) is 0. The predicted octanol–water partition coefficient (Wildman–Crippen LogP) is -1.03. The Bertz CT molecular complexity index is 109. The van der Waals surface area contributed by atoms with Gasteiger partial charge in [0.25, 0.3) is 0 Å². The fraction of sp³-hybridized carbons (Fsp3) is 1.00. The van der Waals surface area contributed by atoms with Crippen LogP contribution in [0, 0.1) is 0 Å². The average molecular weight is 351 g/mol. The van der Waals surface area contributed by atoms with Gasteiger partial charge in [-0.1, -0.05) is 0 Å². The number of aliphatic hydroxyl groups is 1. The van der Waals surface area contributed by atoms with Crippen molar-refractivity contribution in [2.24, 2.45) is 0 Å². The first-order chi connectivity index (χ1) is 3.41. The van der Waals surface area contributed by atoms with Crippen LogP contribution in [0.15, 0.2) is 0 Å². The first-order valence-corrected chi connectivity index (χ1v) is 3.12. The second kappa shape index (κ2) is 8.75. The molecule has 0 saturated carbocycles. The van der Waals surface area contributed by atoms with E-state index >= 15 is 0 Å². The van der Waals surface area contributed by atoms with E-state index in [1.165, 1.54) is 0 Å². The van der Waals surface area contributed by atoms with Crippen molar-refractivity contribution in [3.8, 4) is 0 Å².